The Morgan fingerprint density at radius 1 is 1.14 bits per heavy atom. The predicted octanol–water partition coefficient (Wildman–Crippen LogP) is 4.34. The summed E-state index contributed by atoms with van der Waals surface area (Å²) in [5.74, 6) is -1.73. The third kappa shape index (κ3) is 3.70. The summed E-state index contributed by atoms with van der Waals surface area (Å²) >= 11 is 0. The summed E-state index contributed by atoms with van der Waals surface area (Å²) in [6.07, 6.45) is 0.647. The molecule has 0 aromatic heterocycles. The van der Waals surface area contributed by atoms with Crippen molar-refractivity contribution in [2.45, 2.75) is 32.2 Å². The molecule has 2 nitrogen and oxygen atoms in total. The van der Waals surface area contributed by atoms with E-state index in [0.717, 1.165) is 11.6 Å². The lowest BCUT2D eigenvalue weighted by Crippen LogP contribution is -2.31. The summed E-state index contributed by atoms with van der Waals surface area (Å²) in [5.41, 5.74) is 1.20. The Morgan fingerprint density at radius 2 is 1.82 bits per heavy atom. The van der Waals surface area contributed by atoms with Crippen LogP contribution in [-0.2, 0) is 4.79 Å². The third-order valence-electron chi connectivity index (χ3n) is 3.71. The predicted molar refractivity (Wildman–Crippen MR) is 82.4 cm³/mol. The normalized spacial score (nSPS) is 13.5. The Kier molecular flexibility index (Phi) is 5.26. The highest BCUT2D eigenvalue weighted by Gasteiger charge is 2.21. The van der Waals surface area contributed by atoms with Gasteiger partial charge >= 0.3 is 0 Å². The van der Waals surface area contributed by atoms with Gasteiger partial charge in [0.05, 0.1) is 12.0 Å². The molecular weight excluding hydrogens is 284 g/mol. The van der Waals surface area contributed by atoms with Crippen LogP contribution in [0.4, 0.5) is 8.78 Å². The summed E-state index contributed by atoms with van der Waals surface area (Å²) in [7, 11) is 0. The average Bonchev–Trinajstić information content (AvgIpc) is 2.48. The molecular formula is C18H19F2NO. The summed E-state index contributed by atoms with van der Waals surface area (Å²) in [4.78, 5) is 12.4. The van der Waals surface area contributed by atoms with E-state index in [-0.39, 0.29) is 17.4 Å². The molecule has 0 spiro atoms. The minimum atomic E-state index is -0.652. The topological polar surface area (TPSA) is 29.1 Å². The van der Waals surface area contributed by atoms with Gasteiger partial charge in [0.2, 0.25) is 5.91 Å². The highest BCUT2D eigenvalue weighted by Crippen LogP contribution is 2.22. The minimum absolute atomic E-state index is 0.162. The van der Waals surface area contributed by atoms with Gasteiger partial charge in [0.15, 0.2) is 0 Å². The van der Waals surface area contributed by atoms with E-state index in [9.17, 15) is 13.6 Å². The van der Waals surface area contributed by atoms with Crippen LogP contribution in [0.5, 0.6) is 0 Å². The van der Waals surface area contributed by atoms with E-state index in [1.807, 2.05) is 37.3 Å². The van der Waals surface area contributed by atoms with Crippen molar-refractivity contribution < 1.29 is 13.6 Å². The molecule has 0 aliphatic carbocycles. The van der Waals surface area contributed by atoms with Crippen molar-refractivity contribution >= 4 is 5.91 Å². The molecule has 2 aromatic carbocycles. The van der Waals surface area contributed by atoms with Gasteiger partial charge in [-0.2, -0.15) is 0 Å². The van der Waals surface area contributed by atoms with Gasteiger partial charge in [-0.3, -0.25) is 4.79 Å². The Labute approximate surface area is 129 Å². The van der Waals surface area contributed by atoms with Crippen LogP contribution < -0.4 is 5.32 Å². The number of hydrogen-bond donors (Lipinski definition) is 1. The maximum Gasteiger partial charge on any atom is 0.228 e. The first-order chi connectivity index (χ1) is 10.5. The molecule has 22 heavy (non-hydrogen) atoms. The fourth-order valence-corrected chi connectivity index (χ4v) is 2.50. The smallest absolute Gasteiger partial charge is 0.228 e. The molecule has 0 saturated carbocycles. The second-order valence-electron chi connectivity index (χ2n) is 5.27. The molecule has 4 heteroatoms. The first-order valence-electron chi connectivity index (χ1n) is 7.33. The van der Waals surface area contributed by atoms with Crippen molar-refractivity contribution in [2.24, 2.45) is 0 Å². The summed E-state index contributed by atoms with van der Waals surface area (Å²) < 4.78 is 26.7. The van der Waals surface area contributed by atoms with Crippen LogP contribution in [0.3, 0.4) is 0 Å². The highest BCUT2D eigenvalue weighted by atomic mass is 19.1. The van der Waals surface area contributed by atoms with Crippen LogP contribution in [0.25, 0.3) is 0 Å². The Bertz CT molecular complexity index is 643. The van der Waals surface area contributed by atoms with Crippen molar-refractivity contribution in [2.75, 3.05) is 0 Å². The Balaban J connectivity index is 2.13. The van der Waals surface area contributed by atoms with Gasteiger partial charge in [-0.15, -0.1) is 0 Å². The quantitative estimate of drug-likeness (QED) is 0.875. The first-order valence-corrected chi connectivity index (χ1v) is 7.33. The SMILES string of the molecule is CCC(C(=O)NC(C)c1ccc(F)cc1F)c1ccccc1. The molecule has 2 rings (SSSR count). The molecule has 0 saturated heterocycles. The Morgan fingerprint density at radius 3 is 2.41 bits per heavy atom. The van der Waals surface area contributed by atoms with E-state index in [4.69, 9.17) is 0 Å². The molecule has 0 aliphatic rings. The van der Waals surface area contributed by atoms with E-state index >= 15 is 0 Å². The second kappa shape index (κ2) is 7.16. The van der Waals surface area contributed by atoms with Crippen molar-refractivity contribution in [3.63, 3.8) is 0 Å². The van der Waals surface area contributed by atoms with E-state index in [0.29, 0.717) is 6.42 Å². The summed E-state index contributed by atoms with van der Waals surface area (Å²) in [6, 6.07) is 12.3. The molecule has 0 bridgehead atoms. The maximum atomic E-state index is 13.8. The third-order valence-corrected chi connectivity index (χ3v) is 3.71. The van der Waals surface area contributed by atoms with Gasteiger partial charge < -0.3 is 5.32 Å². The monoisotopic (exact) mass is 303 g/mol. The number of amides is 1. The number of carbonyl (C=O) groups excluding carboxylic acids is 1. The number of halogens is 2. The van der Waals surface area contributed by atoms with E-state index in [2.05, 4.69) is 5.32 Å². The van der Waals surface area contributed by atoms with Gasteiger partial charge in [0.1, 0.15) is 11.6 Å². The number of rotatable bonds is 5. The lowest BCUT2D eigenvalue weighted by molar-refractivity contribution is -0.123. The molecule has 2 unspecified atom stereocenters. The van der Waals surface area contributed by atoms with Gasteiger partial charge in [-0.1, -0.05) is 43.3 Å². The van der Waals surface area contributed by atoms with Crippen LogP contribution in [-0.4, -0.2) is 5.91 Å². The van der Waals surface area contributed by atoms with E-state index in [1.165, 1.54) is 12.1 Å². The average molecular weight is 303 g/mol. The summed E-state index contributed by atoms with van der Waals surface area (Å²) in [5, 5.41) is 2.80. The largest absolute Gasteiger partial charge is 0.349 e. The minimum Gasteiger partial charge on any atom is -0.349 e. The number of hydrogen-bond acceptors (Lipinski definition) is 1. The molecule has 0 radical (unpaired) electrons. The molecule has 2 atom stereocenters. The van der Waals surface area contributed by atoms with Crippen LogP contribution in [0, 0.1) is 11.6 Å². The zero-order valence-corrected chi connectivity index (χ0v) is 12.6. The fourth-order valence-electron chi connectivity index (χ4n) is 2.50. The lowest BCUT2D eigenvalue weighted by Gasteiger charge is -2.20. The molecule has 1 N–H and O–H groups in total. The Hall–Kier alpha value is -2.23. The number of nitrogens with one attached hydrogen (secondary N) is 1. The van der Waals surface area contributed by atoms with Crippen LogP contribution in [0.15, 0.2) is 48.5 Å². The molecule has 116 valence electrons. The molecule has 0 heterocycles. The lowest BCUT2D eigenvalue weighted by atomic mass is 9.95. The van der Waals surface area contributed by atoms with Gasteiger partial charge in [-0.25, -0.2) is 8.78 Å². The molecule has 2 aromatic rings. The van der Waals surface area contributed by atoms with Crippen LogP contribution >= 0.6 is 0 Å². The molecule has 0 fully saturated rings. The second-order valence-corrected chi connectivity index (χ2v) is 5.27. The van der Waals surface area contributed by atoms with Gasteiger partial charge in [0.25, 0.3) is 0 Å². The summed E-state index contributed by atoms with van der Waals surface area (Å²) in [6.45, 7) is 3.62. The van der Waals surface area contributed by atoms with E-state index in [1.54, 1.807) is 6.92 Å². The number of carbonyl (C=O) groups is 1. The molecule has 1 amide bonds. The first kappa shape index (κ1) is 16.1. The zero-order valence-electron chi connectivity index (χ0n) is 12.6. The standard InChI is InChI=1S/C18H19F2NO/c1-3-15(13-7-5-4-6-8-13)18(22)21-12(2)16-10-9-14(19)11-17(16)20/h4-12,15H,3H2,1-2H3,(H,21,22). The van der Waals surface area contributed by atoms with Crippen molar-refractivity contribution in [1.29, 1.82) is 0 Å². The van der Waals surface area contributed by atoms with Gasteiger partial charge in [-0.05, 0) is 25.0 Å². The highest BCUT2D eigenvalue weighted by molar-refractivity contribution is 5.83. The maximum absolute atomic E-state index is 13.8. The zero-order chi connectivity index (χ0) is 16.1. The van der Waals surface area contributed by atoms with Gasteiger partial charge in [0, 0.05) is 11.6 Å². The van der Waals surface area contributed by atoms with Crippen LogP contribution in [0.2, 0.25) is 0 Å². The van der Waals surface area contributed by atoms with Crippen molar-refractivity contribution in [1.82, 2.24) is 5.32 Å². The fraction of sp³-hybridized carbons (Fsp3) is 0.278. The number of benzene rings is 2. The van der Waals surface area contributed by atoms with E-state index < -0.39 is 17.7 Å². The molecule has 0 aliphatic heterocycles. The van der Waals surface area contributed by atoms with Crippen LogP contribution in [0.1, 0.15) is 43.4 Å². The van der Waals surface area contributed by atoms with Crippen molar-refractivity contribution in [3.05, 3.63) is 71.3 Å². The van der Waals surface area contributed by atoms with Crippen molar-refractivity contribution in [3.8, 4) is 0 Å².